The Kier molecular flexibility index (Phi) is 4.71. The highest BCUT2D eigenvalue weighted by molar-refractivity contribution is 6.30. The Labute approximate surface area is 98.2 Å². The Morgan fingerprint density at radius 2 is 2.31 bits per heavy atom. The summed E-state index contributed by atoms with van der Waals surface area (Å²) >= 11 is 5.57. The second kappa shape index (κ2) is 5.82. The lowest BCUT2D eigenvalue weighted by molar-refractivity contribution is 0.0911. The van der Waals surface area contributed by atoms with Crippen LogP contribution in [0.3, 0.4) is 0 Å². The van der Waals surface area contributed by atoms with Gasteiger partial charge in [-0.05, 0) is 24.6 Å². The number of aliphatic hydroxyl groups excluding tert-OH is 1. The van der Waals surface area contributed by atoms with Crippen molar-refractivity contribution in [2.45, 2.75) is 19.4 Å². The van der Waals surface area contributed by atoms with Gasteiger partial charge in [0.05, 0.1) is 18.2 Å². The van der Waals surface area contributed by atoms with E-state index < -0.39 is 11.7 Å². The van der Waals surface area contributed by atoms with Crippen LogP contribution in [0, 0.1) is 5.82 Å². The number of benzene rings is 1. The van der Waals surface area contributed by atoms with Gasteiger partial charge in [0, 0.05) is 5.02 Å². The highest BCUT2D eigenvalue weighted by Crippen LogP contribution is 2.14. The summed E-state index contributed by atoms with van der Waals surface area (Å²) in [5.41, 5.74) is -0.0729. The molecule has 5 heteroatoms. The zero-order chi connectivity index (χ0) is 12.1. The summed E-state index contributed by atoms with van der Waals surface area (Å²) in [5.74, 6) is -1.21. The minimum atomic E-state index is -0.669. The standard InChI is InChI=1S/C11H13ClFNO2/c1-2-8(6-15)14-11(16)9-4-3-7(12)5-10(9)13/h3-5,8,15H,2,6H2,1H3,(H,14,16). The number of amides is 1. The SMILES string of the molecule is CCC(CO)NC(=O)c1ccc(Cl)cc1F. The average Bonchev–Trinajstić information content (AvgIpc) is 2.25. The Balaban J connectivity index is 2.80. The molecule has 1 aromatic rings. The van der Waals surface area contributed by atoms with Crippen LogP contribution in [0.1, 0.15) is 23.7 Å². The highest BCUT2D eigenvalue weighted by atomic mass is 35.5. The smallest absolute Gasteiger partial charge is 0.254 e. The van der Waals surface area contributed by atoms with Crippen LogP contribution < -0.4 is 5.32 Å². The Hall–Kier alpha value is -1.13. The molecule has 0 fully saturated rings. The third-order valence-electron chi connectivity index (χ3n) is 2.22. The fourth-order valence-corrected chi connectivity index (χ4v) is 1.37. The van der Waals surface area contributed by atoms with E-state index >= 15 is 0 Å². The number of halogens is 2. The van der Waals surface area contributed by atoms with E-state index in [0.717, 1.165) is 6.07 Å². The summed E-state index contributed by atoms with van der Waals surface area (Å²) < 4.78 is 13.4. The molecule has 0 aliphatic rings. The van der Waals surface area contributed by atoms with Crippen molar-refractivity contribution in [3.8, 4) is 0 Å². The van der Waals surface area contributed by atoms with Crippen molar-refractivity contribution in [2.75, 3.05) is 6.61 Å². The quantitative estimate of drug-likeness (QED) is 0.852. The predicted octanol–water partition coefficient (Wildman–Crippen LogP) is 1.98. The summed E-state index contributed by atoms with van der Waals surface area (Å²) in [6.45, 7) is 1.65. The maximum Gasteiger partial charge on any atom is 0.254 e. The molecule has 16 heavy (non-hydrogen) atoms. The summed E-state index contributed by atoms with van der Waals surface area (Å²) in [7, 11) is 0. The van der Waals surface area contributed by atoms with Gasteiger partial charge >= 0.3 is 0 Å². The molecule has 1 amide bonds. The summed E-state index contributed by atoms with van der Waals surface area (Å²) in [6, 6.07) is 3.48. The van der Waals surface area contributed by atoms with Gasteiger partial charge in [-0.2, -0.15) is 0 Å². The van der Waals surface area contributed by atoms with Crippen molar-refractivity contribution in [3.05, 3.63) is 34.6 Å². The first-order chi connectivity index (χ1) is 7.58. The molecule has 0 aliphatic heterocycles. The fraction of sp³-hybridized carbons (Fsp3) is 0.364. The first kappa shape index (κ1) is 12.9. The van der Waals surface area contributed by atoms with Gasteiger partial charge in [-0.1, -0.05) is 18.5 Å². The number of carbonyl (C=O) groups is 1. The van der Waals surface area contributed by atoms with Crippen LogP contribution >= 0.6 is 11.6 Å². The minimum Gasteiger partial charge on any atom is -0.394 e. The van der Waals surface area contributed by atoms with Crippen LogP contribution in [0.4, 0.5) is 4.39 Å². The van der Waals surface area contributed by atoms with E-state index in [4.69, 9.17) is 16.7 Å². The van der Waals surface area contributed by atoms with Crippen molar-refractivity contribution in [3.63, 3.8) is 0 Å². The van der Waals surface area contributed by atoms with Gasteiger partial charge in [-0.15, -0.1) is 0 Å². The summed E-state index contributed by atoms with van der Waals surface area (Å²) in [5, 5.41) is 11.7. The molecule has 1 rings (SSSR count). The number of rotatable bonds is 4. The molecule has 1 aromatic carbocycles. The van der Waals surface area contributed by atoms with Crippen LogP contribution in [0.5, 0.6) is 0 Å². The molecule has 1 unspecified atom stereocenters. The Morgan fingerprint density at radius 3 is 2.81 bits per heavy atom. The van der Waals surface area contributed by atoms with E-state index in [1.165, 1.54) is 12.1 Å². The molecule has 88 valence electrons. The van der Waals surface area contributed by atoms with Crippen molar-refractivity contribution in [1.82, 2.24) is 5.32 Å². The van der Waals surface area contributed by atoms with Crippen LogP contribution in [-0.2, 0) is 0 Å². The lowest BCUT2D eigenvalue weighted by atomic mass is 10.1. The van der Waals surface area contributed by atoms with Gasteiger partial charge in [0.25, 0.3) is 5.91 Å². The largest absolute Gasteiger partial charge is 0.394 e. The average molecular weight is 246 g/mol. The maximum atomic E-state index is 13.4. The molecule has 0 saturated carbocycles. The lowest BCUT2D eigenvalue weighted by Crippen LogP contribution is -2.37. The topological polar surface area (TPSA) is 49.3 Å². The lowest BCUT2D eigenvalue weighted by Gasteiger charge is -2.14. The first-order valence-electron chi connectivity index (χ1n) is 4.95. The van der Waals surface area contributed by atoms with Crippen molar-refractivity contribution < 1.29 is 14.3 Å². The predicted molar refractivity (Wildman–Crippen MR) is 60.0 cm³/mol. The van der Waals surface area contributed by atoms with Crippen LogP contribution in [0.15, 0.2) is 18.2 Å². The molecule has 0 saturated heterocycles. The van der Waals surface area contributed by atoms with E-state index in [0.29, 0.717) is 6.42 Å². The molecule has 1 atom stereocenters. The molecule has 0 aromatic heterocycles. The zero-order valence-corrected chi connectivity index (χ0v) is 9.59. The molecular weight excluding hydrogens is 233 g/mol. The van der Waals surface area contributed by atoms with E-state index in [9.17, 15) is 9.18 Å². The van der Waals surface area contributed by atoms with Crippen LogP contribution in [-0.4, -0.2) is 23.7 Å². The third-order valence-corrected chi connectivity index (χ3v) is 2.46. The van der Waals surface area contributed by atoms with Crippen molar-refractivity contribution in [1.29, 1.82) is 0 Å². The van der Waals surface area contributed by atoms with E-state index in [2.05, 4.69) is 5.32 Å². The number of hydrogen-bond donors (Lipinski definition) is 2. The molecule has 0 aliphatic carbocycles. The number of aliphatic hydroxyl groups is 1. The van der Waals surface area contributed by atoms with Crippen LogP contribution in [0.25, 0.3) is 0 Å². The van der Waals surface area contributed by atoms with E-state index in [-0.39, 0.29) is 23.2 Å². The molecule has 3 nitrogen and oxygen atoms in total. The highest BCUT2D eigenvalue weighted by Gasteiger charge is 2.15. The Morgan fingerprint density at radius 1 is 1.62 bits per heavy atom. The normalized spacial score (nSPS) is 12.2. The minimum absolute atomic E-state index is 0.0729. The summed E-state index contributed by atoms with van der Waals surface area (Å²) in [4.78, 5) is 11.6. The second-order valence-electron chi connectivity index (χ2n) is 3.39. The van der Waals surface area contributed by atoms with Crippen molar-refractivity contribution in [2.24, 2.45) is 0 Å². The van der Waals surface area contributed by atoms with E-state index in [1.807, 2.05) is 6.92 Å². The van der Waals surface area contributed by atoms with Crippen LogP contribution in [0.2, 0.25) is 5.02 Å². The second-order valence-corrected chi connectivity index (χ2v) is 3.82. The molecule has 0 heterocycles. The molecule has 0 bridgehead atoms. The third kappa shape index (κ3) is 3.18. The monoisotopic (exact) mass is 245 g/mol. The van der Waals surface area contributed by atoms with Gasteiger partial charge in [0.2, 0.25) is 0 Å². The maximum absolute atomic E-state index is 13.4. The summed E-state index contributed by atoms with van der Waals surface area (Å²) in [6.07, 6.45) is 0.581. The first-order valence-corrected chi connectivity index (χ1v) is 5.33. The van der Waals surface area contributed by atoms with Gasteiger partial charge in [0.15, 0.2) is 0 Å². The van der Waals surface area contributed by atoms with E-state index in [1.54, 1.807) is 0 Å². The van der Waals surface area contributed by atoms with Gasteiger partial charge in [-0.3, -0.25) is 4.79 Å². The zero-order valence-electron chi connectivity index (χ0n) is 8.84. The molecular formula is C11H13ClFNO2. The number of nitrogens with one attached hydrogen (secondary N) is 1. The van der Waals surface area contributed by atoms with Gasteiger partial charge in [0.1, 0.15) is 5.82 Å². The number of carbonyl (C=O) groups excluding carboxylic acids is 1. The molecule has 2 N–H and O–H groups in total. The Bertz CT molecular complexity index is 380. The molecule has 0 spiro atoms. The molecule has 0 radical (unpaired) electrons. The van der Waals surface area contributed by atoms with Crippen molar-refractivity contribution >= 4 is 17.5 Å². The fourth-order valence-electron chi connectivity index (χ4n) is 1.21. The van der Waals surface area contributed by atoms with Gasteiger partial charge < -0.3 is 10.4 Å². The van der Waals surface area contributed by atoms with Gasteiger partial charge in [-0.25, -0.2) is 4.39 Å². The number of hydrogen-bond acceptors (Lipinski definition) is 2.